The molecular weight excluding hydrogens is 414 g/mol. The molecular formula is C24H21NO7. The molecule has 1 aliphatic heterocycles. The summed E-state index contributed by atoms with van der Waals surface area (Å²) in [7, 11) is 0. The SMILES string of the molecule is O=C(O)C1COC(c2ccccc2)OC1.O=C(c1ccccc1)c1ccc([N+](=O)[O-])cc1. The van der Waals surface area contributed by atoms with Gasteiger partial charge in [0.25, 0.3) is 5.69 Å². The lowest BCUT2D eigenvalue weighted by molar-refractivity contribution is -0.384. The molecule has 32 heavy (non-hydrogen) atoms. The number of aliphatic carboxylic acids is 1. The zero-order valence-corrected chi connectivity index (χ0v) is 17.0. The molecule has 1 saturated heterocycles. The van der Waals surface area contributed by atoms with E-state index in [1.807, 2.05) is 36.4 Å². The number of ketones is 1. The van der Waals surface area contributed by atoms with E-state index in [0.29, 0.717) is 11.1 Å². The van der Waals surface area contributed by atoms with Gasteiger partial charge in [-0.2, -0.15) is 0 Å². The molecule has 0 atom stereocenters. The number of carbonyl (C=O) groups excluding carboxylic acids is 1. The molecule has 0 spiro atoms. The van der Waals surface area contributed by atoms with E-state index in [-0.39, 0.29) is 24.7 Å². The first-order chi connectivity index (χ1) is 15.5. The van der Waals surface area contributed by atoms with Crippen LogP contribution in [-0.2, 0) is 14.3 Å². The zero-order chi connectivity index (χ0) is 22.9. The maximum atomic E-state index is 12.0. The number of benzene rings is 3. The van der Waals surface area contributed by atoms with Crippen LogP contribution in [0.2, 0.25) is 0 Å². The summed E-state index contributed by atoms with van der Waals surface area (Å²) in [6.07, 6.45) is -0.429. The third kappa shape index (κ3) is 6.07. The molecule has 0 aromatic heterocycles. The summed E-state index contributed by atoms with van der Waals surface area (Å²) in [5.74, 6) is -1.56. The van der Waals surface area contributed by atoms with Crippen molar-refractivity contribution >= 4 is 17.4 Å². The fourth-order valence-electron chi connectivity index (χ4n) is 2.94. The predicted octanol–water partition coefficient (Wildman–Crippen LogP) is 4.26. The second-order valence-electron chi connectivity index (χ2n) is 6.94. The van der Waals surface area contributed by atoms with Crippen LogP contribution < -0.4 is 0 Å². The number of carboxylic acid groups (broad SMARTS) is 1. The van der Waals surface area contributed by atoms with Crippen LogP contribution in [0.3, 0.4) is 0 Å². The Balaban J connectivity index is 0.000000182. The smallest absolute Gasteiger partial charge is 0.311 e. The molecule has 0 saturated carbocycles. The molecule has 1 N–H and O–H groups in total. The number of nitrogens with zero attached hydrogens (tertiary/aromatic N) is 1. The quantitative estimate of drug-likeness (QED) is 0.362. The third-order valence-electron chi connectivity index (χ3n) is 4.69. The number of nitro groups is 1. The highest BCUT2D eigenvalue weighted by molar-refractivity contribution is 6.09. The van der Waals surface area contributed by atoms with E-state index < -0.39 is 23.1 Å². The van der Waals surface area contributed by atoms with Crippen LogP contribution in [0.5, 0.6) is 0 Å². The van der Waals surface area contributed by atoms with Gasteiger partial charge in [0.05, 0.1) is 18.1 Å². The highest BCUT2D eigenvalue weighted by Gasteiger charge is 2.27. The molecule has 1 heterocycles. The van der Waals surface area contributed by atoms with E-state index in [1.165, 1.54) is 24.3 Å². The normalized spacial score (nSPS) is 17.5. The number of rotatable bonds is 5. The van der Waals surface area contributed by atoms with Gasteiger partial charge in [0.2, 0.25) is 0 Å². The van der Waals surface area contributed by atoms with E-state index >= 15 is 0 Å². The molecule has 1 aliphatic rings. The van der Waals surface area contributed by atoms with E-state index in [9.17, 15) is 19.7 Å². The monoisotopic (exact) mass is 435 g/mol. The molecule has 1 fully saturated rings. The second kappa shape index (κ2) is 10.9. The lowest BCUT2D eigenvalue weighted by atomic mass is 10.0. The molecule has 3 aromatic carbocycles. The Bertz CT molecular complexity index is 1040. The minimum Gasteiger partial charge on any atom is -0.481 e. The van der Waals surface area contributed by atoms with Gasteiger partial charge in [0.1, 0.15) is 5.92 Å². The maximum Gasteiger partial charge on any atom is 0.311 e. The standard InChI is InChI=1S/C13H9NO3.C11H12O4/c15-13(10-4-2-1-3-5-10)11-6-8-12(9-7-11)14(16)17;12-10(13)9-6-14-11(15-7-9)8-4-2-1-3-5-8/h1-9H;1-5,9,11H,6-7H2,(H,12,13). The number of hydrogen-bond acceptors (Lipinski definition) is 6. The molecule has 164 valence electrons. The highest BCUT2D eigenvalue weighted by Crippen LogP contribution is 2.24. The lowest BCUT2D eigenvalue weighted by Gasteiger charge is -2.27. The zero-order valence-electron chi connectivity index (χ0n) is 17.0. The number of non-ortho nitro benzene ring substituents is 1. The summed E-state index contributed by atoms with van der Waals surface area (Å²) in [6, 6.07) is 23.9. The molecule has 8 heteroatoms. The Kier molecular flexibility index (Phi) is 7.80. The summed E-state index contributed by atoms with van der Waals surface area (Å²) in [6.45, 7) is 0.407. The second-order valence-corrected chi connectivity index (χ2v) is 6.94. The number of carboxylic acids is 1. The molecule has 4 rings (SSSR count). The third-order valence-corrected chi connectivity index (χ3v) is 4.69. The van der Waals surface area contributed by atoms with E-state index in [1.54, 1.807) is 24.3 Å². The largest absolute Gasteiger partial charge is 0.481 e. The first-order valence-corrected chi connectivity index (χ1v) is 9.81. The van der Waals surface area contributed by atoms with Crippen molar-refractivity contribution in [2.75, 3.05) is 13.2 Å². The molecule has 0 amide bonds. The summed E-state index contributed by atoms with van der Waals surface area (Å²) < 4.78 is 10.7. The summed E-state index contributed by atoms with van der Waals surface area (Å²) >= 11 is 0. The van der Waals surface area contributed by atoms with Crippen molar-refractivity contribution in [3.63, 3.8) is 0 Å². The Morgan fingerprint density at radius 3 is 1.81 bits per heavy atom. The van der Waals surface area contributed by atoms with E-state index in [0.717, 1.165) is 5.56 Å². The van der Waals surface area contributed by atoms with Crippen LogP contribution in [-0.4, -0.2) is 35.0 Å². The number of nitro benzene ring substituents is 1. The number of carbonyl (C=O) groups is 2. The molecule has 0 aliphatic carbocycles. The first kappa shape index (κ1) is 22.8. The van der Waals surface area contributed by atoms with Gasteiger partial charge in [-0.05, 0) is 12.1 Å². The van der Waals surface area contributed by atoms with Crippen LogP contribution in [0.4, 0.5) is 5.69 Å². The van der Waals surface area contributed by atoms with Crippen molar-refractivity contribution in [2.24, 2.45) is 5.92 Å². The van der Waals surface area contributed by atoms with Crippen molar-refractivity contribution in [1.29, 1.82) is 0 Å². The molecule has 3 aromatic rings. The van der Waals surface area contributed by atoms with E-state index in [4.69, 9.17) is 14.6 Å². The molecule has 0 radical (unpaired) electrons. The molecule has 8 nitrogen and oxygen atoms in total. The van der Waals surface area contributed by atoms with Gasteiger partial charge < -0.3 is 14.6 Å². The van der Waals surface area contributed by atoms with Gasteiger partial charge in [-0.1, -0.05) is 60.7 Å². The van der Waals surface area contributed by atoms with Gasteiger partial charge in [0, 0.05) is 28.8 Å². The summed E-state index contributed by atoms with van der Waals surface area (Å²) in [5, 5.41) is 19.2. The van der Waals surface area contributed by atoms with E-state index in [2.05, 4.69) is 0 Å². The van der Waals surface area contributed by atoms with Gasteiger partial charge >= 0.3 is 5.97 Å². The minimum absolute atomic E-state index is 0.0189. The van der Waals surface area contributed by atoms with Crippen LogP contribution in [0.25, 0.3) is 0 Å². The topological polar surface area (TPSA) is 116 Å². The van der Waals surface area contributed by atoms with Crippen molar-refractivity contribution in [3.05, 3.63) is 112 Å². The predicted molar refractivity (Wildman–Crippen MR) is 115 cm³/mol. The van der Waals surface area contributed by atoms with Gasteiger partial charge in [-0.15, -0.1) is 0 Å². The average Bonchev–Trinajstić information content (AvgIpc) is 2.85. The Morgan fingerprint density at radius 1 is 0.812 bits per heavy atom. The lowest BCUT2D eigenvalue weighted by Crippen LogP contribution is -2.32. The van der Waals surface area contributed by atoms with Gasteiger partial charge in [-0.3, -0.25) is 19.7 Å². The Hall–Kier alpha value is -3.88. The Labute approximate surface area is 184 Å². The summed E-state index contributed by atoms with van der Waals surface area (Å²) in [4.78, 5) is 32.6. The van der Waals surface area contributed by atoms with Gasteiger partial charge in [-0.25, -0.2) is 0 Å². The fraction of sp³-hybridized carbons (Fsp3) is 0.167. The van der Waals surface area contributed by atoms with Crippen molar-refractivity contribution in [3.8, 4) is 0 Å². The van der Waals surface area contributed by atoms with Crippen LogP contribution >= 0.6 is 0 Å². The molecule has 0 unspecified atom stereocenters. The van der Waals surface area contributed by atoms with Crippen molar-refractivity contribution in [1.82, 2.24) is 0 Å². The molecule has 0 bridgehead atoms. The minimum atomic E-state index is -0.874. The van der Waals surface area contributed by atoms with Crippen molar-refractivity contribution in [2.45, 2.75) is 6.29 Å². The van der Waals surface area contributed by atoms with Crippen molar-refractivity contribution < 1.29 is 29.1 Å². The van der Waals surface area contributed by atoms with Crippen LogP contribution in [0.15, 0.2) is 84.9 Å². The first-order valence-electron chi connectivity index (χ1n) is 9.81. The Morgan fingerprint density at radius 2 is 1.31 bits per heavy atom. The fourth-order valence-corrected chi connectivity index (χ4v) is 2.94. The number of ether oxygens (including phenoxy) is 2. The highest BCUT2D eigenvalue weighted by atomic mass is 16.7. The summed E-state index contributed by atoms with van der Waals surface area (Å²) in [5.41, 5.74) is 1.92. The average molecular weight is 435 g/mol. The number of hydrogen-bond donors (Lipinski definition) is 1. The van der Waals surface area contributed by atoms with Crippen LogP contribution in [0.1, 0.15) is 27.8 Å². The van der Waals surface area contributed by atoms with Crippen LogP contribution in [0, 0.1) is 16.0 Å². The maximum absolute atomic E-state index is 12.0. The van der Waals surface area contributed by atoms with Gasteiger partial charge in [0.15, 0.2) is 12.1 Å².